The van der Waals surface area contributed by atoms with Crippen molar-refractivity contribution in [3.05, 3.63) is 44.3 Å². The third kappa shape index (κ3) is 3.34. The minimum absolute atomic E-state index is 0.0398. The molecular formula is C22H24F2N4O4. The number of nitrogens with one attached hydrogen (secondary N) is 1. The van der Waals surface area contributed by atoms with Crippen molar-refractivity contribution in [3.63, 3.8) is 0 Å². The number of aromatic nitrogens is 2. The average molecular weight is 446 g/mol. The Morgan fingerprint density at radius 1 is 1.25 bits per heavy atom. The van der Waals surface area contributed by atoms with E-state index in [2.05, 4.69) is 4.98 Å². The van der Waals surface area contributed by atoms with E-state index in [0.717, 1.165) is 18.9 Å². The van der Waals surface area contributed by atoms with Gasteiger partial charge in [0, 0.05) is 31.7 Å². The van der Waals surface area contributed by atoms with Crippen molar-refractivity contribution in [2.75, 3.05) is 45.2 Å². The van der Waals surface area contributed by atoms with Crippen molar-refractivity contribution in [1.82, 2.24) is 14.5 Å². The molecule has 2 aliphatic rings. The number of morpholine rings is 1. The summed E-state index contributed by atoms with van der Waals surface area (Å²) in [4.78, 5) is 30.9. The highest BCUT2D eigenvalue weighted by atomic mass is 19.1. The highest BCUT2D eigenvalue weighted by molar-refractivity contribution is 5.97. The summed E-state index contributed by atoms with van der Waals surface area (Å²) in [6.45, 7) is 1.54. The molecule has 3 aromatic rings. The third-order valence-electron chi connectivity index (χ3n) is 6.08. The summed E-state index contributed by atoms with van der Waals surface area (Å²) in [6.07, 6.45) is 1.25. The second-order valence-corrected chi connectivity index (χ2v) is 8.79. The van der Waals surface area contributed by atoms with Crippen LogP contribution in [-0.2, 0) is 4.74 Å². The molecule has 32 heavy (non-hydrogen) atoms. The van der Waals surface area contributed by atoms with Crippen LogP contribution in [-0.4, -0.2) is 66.0 Å². The van der Waals surface area contributed by atoms with Gasteiger partial charge in [-0.3, -0.25) is 14.6 Å². The van der Waals surface area contributed by atoms with Gasteiger partial charge >= 0.3 is 0 Å². The van der Waals surface area contributed by atoms with E-state index in [4.69, 9.17) is 4.74 Å². The standard InChI is InChI=1S/C22H24F2N4O4/c1-26(2)9-12-10-27(5-6-32-12)20-14(23)7-13-19(18(20)24)28(11-3-4-11)15-8-16(29)25-22(31)17(15)21(13)30/h7-8,11-12H,3-6,9-10H2,1-2H3,(H2,25,29,31). The molecule has 1 unspecified atom stereocenters. The van der Waals surface area contributed by atoms with Gasteiger partial charge in [-0.2, -0.15) is 0 Å². The second-order valence-electron chi connectivity index (χ2n) is 8.79. The monoisotopic (exact) mass is 446 g/mol. The lowest BCUT2D eigenvalue weighted by Gasteiger charge is -2.36. The first-order chi connectivity index (χ1) is 15.3. The topological polar surface area (TPSA) is 90.8 Å². The van der Waals surface area contributed by atoms with Gasteiger partial charge in [0.2, 0.25) is 11.3 Å². The van der Waals surface area contributed by atoms with Crippen molar-refractivity contribution in [2.24, 2.45) is 0 Å². The van der Waals surface area contributed by atoms with Gasteiger partial charge in [-0.25, -0.2) is 8.78 Å². The number of aromatic hydroxyl groups is 1. The first-order valence-corrected chi connectivity index (χ1v) is 10.6. The molecule has 2 N–H and O–H groups in total. The fourth-order valence-electron chi connectivity index (χ4n) is 4.65. The maximum atomic E-state index is 16.0. The van der Waals surface area contributed by atoms with Gasteiger partial charge in [0.15, 0.2) is 5.82 Å². The van der Waals surface area contributed by atoms with Crippen LogP contribution in [0.1, 0.15) is 18.9 Å². The molecule has 170 valence electrons. The number of rotatable bonds is 4. The molecule has 0 spiro atoms. The van der Waals surface area contributed by atoms with E-state index >= 15 is 8.78 Å². The first kappa shape index (κ1) is 20.9. The Labute approximate surface area is 181 Å². The number of benzene rings is 1. The average Bonchev–Trinajstić information content (AvgIpc) is 3.53. The van der Waals surface area contributed by atoms with Crippen molar-refractivity contribution in [3.8, 4) is 5.88 Å². The van der Waals surface area contributed by atoms with Crippen LogP contribution in [0.25, 0.3) is 21.8 Å². The highest BCUT2D eigenvalue weighted by Crippen LogP contribution is 2.42. The molecule has 3 heterocycles. The number of likely N-dealkylation sites (N-methyl/N-ethyl adjacent to an activating group) is 1. The number of fused-ring (bicyclic) bond motifs is 2. The van der Waals surface area contributed by atoms with Crippen molar-refractivity contribution < 1.29 is 18.6 Å². The zero-order valence-electron chi connectivity index (χ0n) is 17.8. The summed E-state index contributed by atoms with van der Waals surface area (Å²) in [6, 6.07) is 2.08. The molecule has 0 bridgehead atoms. The van der Waals surface area contributed by atoms with Crippen LogP contribution in [0.3, 0.4) is 0 Å². The Morgan fingerprint density at radius 2 is 2.00 bits per heavy atom. The molecule has 5 rings (SSSR count). The third-order valence-corrected chi connectivity index (χ3v) is 6.08. The maximum absolute atomic E-state index is 16.0. The van der Waals surface area contributed by atoms with Crippen molar-refractivity contribution in [1.29, 1.82) is 0 Å². The van der Waals surface area contributed by atoms with Crippen molar-refractivity contribution in [2.45, 2.75) is 25.0 Å². The Bertz CT molecular complexity index is 1350. The van der Waals surface area contributed by atoms with E-state index in [9.17, 15) is 14.7 Å². The number of halogens is 2. The van der Waals surface area contributed by atoms with Gasteiger partial charge in [-0.05, 0) is 33.0 Å². The molecule has 1 aliphatic carbocycles. The number of hydrogen-bond acceptors (Lipinski definition) is 6. The van der Waals surface area contributed by atoms with Crippen LogP contribution in [0.2, 0.25) is 0 Å². The van der Waals surface area contributed by atoms with Crippen LogP contribution in [0.5, 0.6) is 5.88 Å². The smallest absolute Gasteiger partial charge is 0.252 e. The van der Waals surface area contributed by atoms with E-state index in [1.54, 1.807) is 9.47 Å². The number of aromatic amines is 1. The molecule has 2 fully saturated rings. The van der Waals surface area contributed by atoms with Gasteiger partial charge in [0.25, 0.3) is 5.56 Å². The summed E-state index contributed by atoms with van der Waals surface area (Å²) in [5.41, 5.74) is -1.42. The Balaban J connectivity index is 1.78. The van der Waals surface area contributed by atoms with Crippen LogP contribution in [0.4, 0.5) is 14.5 Å². The van der Waals surface area contributed by atoms with E-state index < -0.39 is 28.5 Å². The number of nitrogens with zero attached hydrogens (tertiary/aromatic N) is 3. The van der Waals surface area contributed by atoms with Gasteiger partial charge in [-0.1, -0.05) is 0 Å². The quantitative estimate of drug-likeness (QED) is 0.596. The molecule has 2 aromatic heterocycles. The van der Waals surface area contributed by atoms with Crippen molar-refractivity contribution >= 4 is 27.5 Å². The van der Waals surface area contributed by atoms with Crippen LogP contribution in [0, 0.1) is 11.6 Å². The first-order valence-electron chi connectivity index (χ1n) is 10.6. The second kappa shape index (κ2) is 7.56. The molecule has 8 nitrogen and oxygen atoms in total. The fourth-order valence-corrected chi connectivity index (χ4v) is 4.65. The van der Waals surface area contributed by atoms with Gasteiger partial charge in [0.1, 0.15) is 16.9 Å². The van der Waals surface area contributed by atoms with Crippen LogP contribution >= 0.6 is 0 Å². The predicted molar refractivity (Wildman–Crippen MR) is 117 cm³/mol. The van der Waals surface area contributed by atoms with E-state index in [1.807, 2.05) is 19.0 Å². The summed E-state index contributed by atoms with van der Waals surface area (Å²) < 4.78 is 38.6. The summed E-state index contributed by atoms with van der Waals surface area (Å²) in [5.74, 6) is -2.28. The minimum Gasteiger partial charge on any atom is -0.494 e. The number of H-pyrrole nitrogens is 1. The molecule has 1 saturated carbocycles. The molecule has 1 aromatic carbocycles. The highest BCUT2D eigenvalue weighted by Gasteiger charge is 2.33. The van der Waals surface area contributed by atoms with E-state index in [-0.39, 0.29) is 39.6 Å². The van der Waals surface area contributed by atoms with E-state index in [1.165, 1.54) is 6.07 Å². The van der Waals surface area contributed by atoms with Crippen LogP contribution < -0.4 is 15.9 Å². The number of hydrogen-bond donors (Lipinski definition) is 2. The molecule has 10 heteroatoms. The van der Waals surface area contributed by atoms with Gasteiger partial charge in [-0.15, -0.1) is 0 Å². The predicted octanol–water partition coefficient (Wildman–Crippen LogP) is 1.93. The molecule has 0 amide bonds. The number of ether oxygens (including phenoxy) is 1. The normalized spacial score (nSPS) is 19.4. The van der Waals surface area contributed by atoms with E-state index in [0.29, 0.717) is 26.2 Å². The van der Waals surface area contributed by atoms with Crippen LogP contribution in [0.15, 0.2) is 21.7 Å². The summed E-state index contributed by atoms with van der Waals surface area (Å²) >= 11 is 0. The summed E-state index contributed by atoms with van der Waals surface area (Å²) in [5, 5.41) is 9.93. The fraction of sp³-hybridized carbons (Fsp3) is 0.455. The number of pyridine rings is 2. The van der Waals surface area contributed by atoms with Gasteiger partial charge in [0.05, 0.1) is 29.1 Å². The zero-order valence-corrected chi connectivity index (χ0v) is 17.8. The lowest BCUT2D eigenvalue weighted by Crippen LogP contribution is -2.47. The lowest BCUT2D eigenvalue weighted by atomic mass is 10.1. The Hall–Kier alpha value is -2.98. The Kier molecular flexibility index (Phi) is 4.94. The molecular weight excluding hydrogens is 422 g/mol. The lowest BCUT2D eigenvalue weighted by molar-refractivity contribution is 0.0244. The largest absolute Gasteiger partial charge is 0.494 e. The SMILES string of the molecule is CN(C)CC1CN(c2c(F)cc3c(=O)c4c(O)[nH]c(=O)cc4n(C4CC4)c3c2F)CCO1. The number of anilines is 1. The molecule has 0 radical (unpaired) electrons. The molecule has 1 aliphatic heterocycles. The molecule has 1 atom stereocenters. The maximum Gasteiger partial charge on any atom is 0.252 e. The molecule has 1 saturated heterocycles. The zero-order chi connectivity index (χ0) is 22.7. The minimum atomic E-state index is -0.844. The van der Waals surface area contributed by atoms with Gasteiger partial charge < -0.3 is 24.2 Å². The Morgan fingerprint density at radius 3 is 2.69 bits per heavy atom. The summed E-state index contributed by atoms with van der Waals surface area (Å²) in [7, 11) is 3.80.